The molecular formula is C7H16N3. The van der Waals surface area contributed by atoms with Crippen LogP contribution in [0.15, 0.2) is 11.4 Å². The first-order valence-electron chi connectivity index (χ1n) is 3.33. The molecule has 0 amide bonds. The third kappa shape index (κ3) is 2.73. The minimum atomic E-state index is 1.07. The van der Waals surface area contributed by atoms with Crippen LogP contribution in [0.2, 0.25) is 0 Å². The van der Waals surface area contributed by atoms with Crippen LogP contribution in [-0.2, 0) is 0 Å². The van der Waals surface area contributed by atoms with Crippen molar-refractivity contribution in [3.05, 3.63) is 17.9 Å². The summed E-state index contributed by atoms with van der Waals surface area (Å²) in [5.74, 6) is 0. The smallest absolute Gasteiger partial charge is 0.0697 e. The van der Waals surface area contributed by atoms with Gasteiger partial charge >= 0.3 is 0 Å². The Kier molecular flexibility index (Phi) is 4.76. The number of hydrogen-bond donors (Lipinski definition) is 3. The van der Waals surface area contributed by atoms with E-state index in [1.165, 1.54) is 0 Å². The molecule has 59 valence electrons. The van der Waals surface area contributed by atoms with E-state index < -0.39 is 0 Å². The number of nitrogens with one attached hydrogen (secondary N) is 3. The van der Waals surface area contributed by atoms with Gasteiger partial charge in [0, 0.05) is 25.5 Å². The summed E-state index contributed by atoms with van der Waals surface area (Å²) in [6.07, 6.45) is 0. The minimum absolute atomic E-state index is 1.07. The van der Waals surface area contributed by atoms with E-state index in [0.717, 1.165) is 11.4 Å². The maximum Gasteiger partial charge on any atom is 0.0697 e. The summed E-state index contributed by atoms with van der Waals surface area (Å²) >= 11 is 0. The average molecular weight is 142 g/mol. The predicted octanol–water partition coefficient (Wildman–Crippen LogP) is 0.0379. The van der Waals surface area contributed by atoms with Gasteiger partial charge in [-0.1, -0.05) is 0 Å². The Hall–Kier alpha value is -0.700. The van der Waals surface area contributed by atoms with E-state index in [-0.39, 0.29) is 0 Å². The maximum atomic E-state index is 3.05. The monoisotopic (exact) mass is 142 g/mol. The normalized spacial score (nSPS) is 12.4. The lowest BCUT2D eigenvalue weighted by molar-refractivity contribution is 0.839. The highest BCUT2D eigenvalue weighted by molar-refractivity contribution is 5.15. The fourth-order valence-electron chi connectivity index (χ4n) is 0.647. The molecule has 0 aromatic carbocycles. The van der Waals surface area contributed by atoms with Crippen LogP contribution in [0.1, 0.15) is 6.92 Å². The molecule has 0 rings (SSSR count). The molecule has 10 heavy (non-hydrogen) atoms. The van der Waals surface area contributed by atoms with Crippen LogP contribution in [0.3, 0.4) is 0 Å². The van der Waals surface area contributed by atoms with Gasteiger partial charge in [0.1, 0.15) is 0 Å². The standard InChI is InChI=1S/C7H16N3/c1-6(9-3)7(10-4)5-8-2/h5,8-10H,1-4H3/b7-6+. The van der Waals surface area contributed by atoms with Crippen molar-refractivity contribution in [1.29, 1.82) is 0 Å². The van der Waals surface area contributed by atoms with E-state index in [1.807, 2.05) is 34.6 Å². The Morgan fingerprint density at radius 1 is 1.10 bits per heavy atom. The Morgan fingerprint density at radius 2 is 1.70 bits per heavy atom. The van der Waals surface area contributed by atoms with Crippen LogP contribution in [0.25, 0.3) is 0 Å². The van der Waals surface area contributed by atoms with Gasteiger partial charge in [0.15, 0.2) is 0 Å². The van der Waals surface area contributed by atoms with Gasteiger partial charge in [-0.15, -0.1) is 0 Å². The van der Waals surface area contributed by atoms with Gasteiger partial charge in [0.25, 0.3) is 0 Å². The quantitative estimate of drug-likeness (QED) is 0.518. The van der Waals surface area contributed by atoms with Crippen molar-refractivity contribution in [2.75, 3.05) is 21.1 Å². The topological polar surface area (TPSA) is 36.1 Å². The molecule has 0 saturated carbocycles. The third-order valence-electron chi connectivity index (χ3n) is 1.34. The molecule has 0 fully saturated rings. The van der Waals surface area contributed by atoms with E-state index in [9.17, 15) is 0 Å². The van der Waals surface area contributed by atoms with Gasteiger partial charge in [-0.25, -0.2) is 0 Å². The summed E-state index contributed by atoms with van der Waals surface area (Å²) in [4.78, 5) is 0. The number of allylic oxidation sites excluding steroid dienone is 1. The second kappa shape index (κ2) is 5.11. The van der Waals surface area contributed by atoms with Gasteiger partial charge in [0.05, 0.1) is 6.54 Å². The summed E-state index contributed by atoms with van der Waals surface area (Å²) in [6.45, 7) is 3.92. The van der Waals surface area contributed by atoms with Gasteiger partial charge in [-0.2, -0.15) is 0 Å². The first kappa shape index (κ1) is 9.30. The zero-order chi connectivity index (χ0) is 7.98. The number of likely N-dealkylation sites (N-methyl/N-ethyl adjacent to an activating group) is 2. The van der Waals surface area contributed by atoms with Gasteiger partial charge in [-0.05, 0) is 14.0 Å². The number of rotatable bonds is 4. The van der Waals surface area contributed by atoms with Gasteiger partial charge in [0.2, 0.25) is 0 Å². The molecule has 0 aromatic heterocycles. The maximum absolute atomic E-state index is 3.05. The fraction of sp³-hybridized carbons (Fsp3) is 0.571. The van der Waals surface area contributed by atoms with Crippen LogP contribution in [0.4, 0.5) is 0 Å². The molecule has 0 atom stereocenters. The van der Waals surface area contributed by atoms with E-state index in [0.29, 0.717) is 0 Å². The molecule has 3 nitrogen and oxygen atoms in total. The first-order chi connectivity index (χ1) is 4.76. The fourth-order valence-corrected chi connectivity index (χ4v) is 0.647. The zero-order valence-electron chi connectivity index (χ0n) is 7.08. The van der Waals surface area contributed by atoms with Crippen LogP contribution in [-0.4, -0.2) is 21.1 Å². The summed E-state index contributed by atoms with van der Waals surface area (Å²) in [5.41, 5.74) is 2.20. The highest BCUT2D eigenvalue weighted by Gasteiger charge is 1.95. The lowest BCUT2D eigenvalue weighted by Crippen LogP contribution is -2.20. The van der Waals surface area contributed by atoms with Crippen LogP contribution in [0, 0.1) is 6.54 Å². The third-order valence-corrected chi connectivity index (χ3v) is 1.34. The molecule has 3 heteroatoms. The number of hydrogen-bond acceptors (Lipinski definition) is 3. The highest BCUT2D eigenvalue weighted by Crippen LogP contribution is 1.96. The van der Waals surface area contributed by atoms with Crippen molar-refractivity contribution in [3.8, 4) is 0 Å². The second-order valence-electron chi connectivity index (χ2n) is 1.97. The SMILES string of the molecule is CN[CH]/C(NC)=C(/C)NC. The average Bonchev–Trinajstić information content (AvgIpc) is 1.99. The molecule has 0 unspecified atom stereocenters. The molecular weight excluding hydrogens is 126 g/mol. The Labute approximate surface area is 62.9 Å². The molecule has 0 aliphatic carbocycles. The van der Waals surface area contributed by atoms with Gasteiger partial charge in [-0.3, -0.25) is 0 Å². The summed E-state index contributed by atoms with van der Waals surface area (Å²) in [5, 5.41) is 9.05. The van der Waals surface area contributed by atoms with Crippen molar-refractivity contribution in [3.63, 3.8) is 0 Å². The van der Waals surface area contributed by atoms with Crippen molar-refractivity contribution < 1.29 is 0 Å². The zero-order valence-corrected chi connectivity index (χ0v) is 7.08. The Bertz CT molecular complexity index is 118. The van der Waals surface area contributed by atoms with Gasteiger partial charge < -0.3 is 16.0 Å². The van der Waals surface area contributed by atoms with Crippen molar-refractivity contribution >= 4 is 0 Å². The molecule has 0 bridgehead atoms. The Morgan fingerprint density at radius 3 is 2.00 bits per heavy atom. The summed E-state index contributed by atoms with van der Waals surface area (Å²) < 4.78 is 0. The lowest BCUT2D eigenvalue weighted by Gasteiger charge is -2.09. The predicted molar refractivity (Wildman–Crippen MR) is 44.2 cm³/mol. The van der Waals surface area contributed by atoms with E-state index in [2.05, 4.69) is 16.0 Å². The minimum Gasteiger partial charge on any atom is -0.390 e. The molecule has 0 heterocycles. The van der Waals surface area contributed by atoms with Crippen molar-refractivity contribution in [1.82, 2.24) is 16.0 Å². The van der Waals surface area contributed by atoms with Crippen LogP contribution in [0.5, 0.6) is 0 Å². The molecule has 0 aliphatic heterocycles. The van der Waals surface area contributed by atoms with E-state index in [1.54, 1.807) is 0 Å². The first-order valence-corrected chi connectivity index (χ1v) is 3.33. The van der Waals surface area contributed by atoms with E-state index in [4.69, 9.17) is 0 Å². The second-order valence-corrected chi connectivity index (χ2v) is 1.97. The lowest BCUT2D eigenvalue weighted by atomic mass is 10.3. The van der Waals surface area contributed by atoms with E-state index >= 15 is 0 Å². The van der Waals surface area contributed by atoms with Crippen molar-refractivity contribution in [2.45, 2.75) is 6.92 Å². The van der Waals surface area contributed by atoms with Crippen LogP contribution >= 0.6 is 0 Å². The molecule has 0 spiro atoms. The highest BCUT2D eigenvalue weighted by atomic mass is 15.0. The van der Waals surface area contributed by atoms with Crippen molar-refractivity contribution in [2.24, 2.45) is 0 Å². The molecule has 0 aliphatic rings. The summed E-state index contributed by atoms with van der Waals surface area (Å²) in [6, 6.07) is 0. The largest absolute Gasteiger partial charge is 0.390 e. The Balaban J connectivity index is 4.00. The molecule has 1 radical (unpaired) electrons. The summed E-state index contributed by atoms with van der Waals surface area (Å²) in [7, 11) is 5.67. The van der Waals surface area contributed by atoms with Crippen LogP contribution < -0.4 is 16.0 Å². The molecule has 3 N–H and O–H groups in total. The molecule has 0 saturated heterocycles. The molecule has 0 aromatic rings.